The molecule has 0 fully saturated rings. The Kier molecular flexibility index (Phi) is 2.90. The molecule has 3 nitrogen and oxygen atoms in total. The van der Waals surface area contributed by atoms with Crippen LogP contribution >= 0.6 is 11.6 Å². The first-order valence-electron chi connectivity index (χ1n) is 5.64. The minimum Gasteiger partial charge on any atom is -0.282 e. The molecule has 7 heteroatoms. The van der Waals surface area contributed by atoms with Crippen molar-refractivity contribution in [2.75, 3.05) is 0 Å². The minimum absolute atomic E-state index is 0.0187. The van der Waals surface area contributed by atoms with Crippen LogP contribution in [0.5, 0.6) is 0 Å². The van der Waals surface area contributed by atoms with E-state index in [1.165, 1.54) is 28.7 Å². The summed E-state index contributed by atoms with van der Waals surface area (Å²) in [4.78, 5) is 0. The first-order chi connectivity index (χ1) is 9.47. The van der Waals surface area contributed by atoms with Gasteiger partial charge in [0.1, 0.15) is 0 Å². The van der Waals surface area contributed by atoms with Gasteiger partial charge < -0.3 is 0 Å². The Morgan fingerprint density at radius 1 is 1.05 bits per heavy atom. The van der Waals surface area contributed by atoms with E-state index in [-0.39, 0.29) is 11.4 Å². The zero-order chi connectivity index (χ0) is 14.3. The molecule has 0 saturated carbocycles. The van der Waals surface area contributed by atoms with E-state index in [1.54, 1.807) is 12.3 Å². The second kappa shape index (κ2) is 4.49. The number of nitrogens with zero attached hydrogens (tertiary/aromatic N) is 3. The molecule has 1 aromatic carbocycles. The Morgan fingerprint density at radius 3 is 2.55 bits per heavy atom. The molecule has 0 aliphatic heterocycles. The van der Waals surface area contributed by atoms with Gasteiger partial charge in [0.05, 0.1) is 5.56 Å². The summed E-state index contributed by atoms with van der Waals surface area (Å²) in [7, 11) is 0. The summed E-state index contributed by atoms with van der Waals surface area (Å²) in [6.45, 7) is 0. The van der Waals surface area contributed by atoms with E-state index in [1.807, 2.05) is 0 Å². The third kappa shape index (κ3) is 2.12. The average Bonchev–Trinajstić information content (AvgIpc) is 2.80. The van der Waals surface area contributed by atoms with Crippen molar-refractivity contribution in [3.8, 4) is 11.4 Å². The van der Waals surface area contributed by atoms with Gasteiger partial charge in [-0.05, 0) is 12.1 Å². The average molecular weight is 298 g/mol. The van der Waals surface area contributed by atoms with Crippen LogP contribution < -0.4 is 0 Å². The zero-order valence-electron chi connectivity index (χ0n) is 9.89. The molecule has 3 aromatic rings. The molecule has 2 heterocycles. The molecule has 0 radical (unpaired) electrons. The summed E-state index contributed by atoms with van der Waals surface area (Å²) >= 11 is 5.82. The number of hydrogen-bond acceptors (Lipinski definition) is 2. The van der Waals surface area contributed by atoms with Gasteiger partial charge in [-0.2, -0.15) is 13.2 Å². The third-order valence-electron chi connectivity index (χ3n) is 2.85. The molecule has 0 atom stereocenters. The van der Waals surface area contributed by atoms with E-state index in [9.17, 15) is 13.2 Å². The molecule has 0 saturated heterocycles. The molecule has 0 bridgehead atoms. The molecule has 0 aliphatic rings. The van der Waals surface area contributed by atoms with Gasteiger partial charge in [0.25, 0.3) is 0 Å². The summed E-state index contributed by atoms with van der Waals surface area (Å²) in [5.74, 6) is 0.129. The quantitative estimate of drug-likeness (QED) is 0.678. The number of halogens is 4. The fourth-order valence-corrected chi connectivity index (χ4v) is 2.13. The summed E-state index contributed by atoms with van der Waals surface area (Å²) < 4.78 is 40.5. The van der Waals surface area contributed by atoms with E-state index >= 15 is 0 Å². The first kappa shape index (κ1) is 12.9. The lowest BCUT2D eigenvalue weighted by Gasteiger charge is -2.11. The highest BCUT2D eigenvalue weighted by Crippen LogP contribution is 2.36. The second-order valence-electron chi connectivity index (χ2n) is 4.14. The molecule has 0 spiro atoms. The summed E-state index contributed by atoms with van der Waals surface area (Å²) in [6.07, 6.45) is -2.91. The predicted molar refractivity (Wildman–Crippen MR) is 68.4 cm³/mol. The first-order valence-corrected chi connectivity index (χ1v) is 6.01. The van der Waals surface area contributed by atoms with Crippen LogP contribution in [-0.4, -0.2) is 14.6 Å². The molecule has 20 heavy (non-hydrogen) atoms. The molecule has 0 aliphatic carbocycles. The highest BCUT2D eigenvalue weighted by atomic mass is 35.5. The van der Waals surface area contributed by atoms with Crippen LogP contribution in [0.15, 0.2) is 42.6 Å². The molecule has 102 valence electrons. The monoisotopic (exact) mass is 297 g/mol. The fraction of sp³-hybridized carbons (Fsp3) is 0.0769. The number of fused-ring (bicyclic) bond motifs is 1. The van der Waals surface area contributed by atoms with Gasteiger partial charge in [-0.15, -0.1) is 10.2 Å². The van der Waals surface area contributed by atoms with Gasteiger partial charge in [-0.1, -0.05) is 29.8 Å². The minimum atomic E-state index is -4.45. The van der Waals surface area contributed by atoms with Crippen LogP contribution in [0.25, 0.3) is 17.0 Å². The number of aromatic nitrogens is 3. The maximum absolute atomic E-state index is 13.0. The Morgan fingerprint density at radius 2 is 1.80 bits per heavy atom. The van der Waals surface area contributed by atoms with Crippen molar-refractivity contribution < 1.29 is 13.2 Å². The van der Waals surface area contributed by atoms with Crippen molar-refractivity contribution in [3.05, 3.63) is 53.2 Å². The van der Waals surface area contributed by atoms with Gasteiger partial charge in [0, 0.05) is 22.8 Å². The third-order valence-corrected chi connectivity index (χ3v) is 3.08. The lowest BCUT2D eigenvalue weighted by atomic mass is 10.1. The number of pyridine rings is 1. The highest BCUT2D eigenvalue weighted by Gasteiger charge is 2.34. The number of hydrogen-bond donors (Lipinski definition) is 0. The van der Waals surface area contributed by atoms with E-state index < -0.39 is 11.7 Å². The zero-order valence-corrected chi connectivity index (χ0v) is 10.7. The molecule has 0 unspecified atom stereocenters. The Hall–Kier alpha value is -2.08. The normalized spacial score (nSPS) is 12.0. The number of benzene rings is 1. The lowest BCUT2D eigenvalue weighted by molar-refractivity contribution is -0.137. The van der Waals surface area contributed by atoms with Crippen LogP contribution in [0.3, 0.4) is 0 Å². The smallest absolute Gasteiger partial charge is 0.282 e. The highest BCUT2D eigenvalue weighted by molar-refractivity contribution is 6.30. The van der Waals surface area contributed by atoms with Crippen molar-refractivity contribution >= 4 is 17.2 Å². The van der Waals surface area contributed by atoms with Crippen molar-refractivity contribution in [2.24, 2.45) is 0 Å². The van der Waals surface area contributed by atoms with Crippen molar-refractivity contribution in [3.63, 3.8) is 0 Å². The van der Waals surface area contributed by atoms with Gasteiger partial charge in [-0.3, -0.25) is 4.40 Å². The maximum Gasteiger partial charge on any atom is 0.417 e. The fourth-order valence-electron chi connectivity index (χ4n) is 1.97. The van der Waals surface area contributed by atoms with Gasteiger partial charge in [0.2, 0.25) is 0 Å². The largest absolute Gasteiger partial charge is 0.417 e. The standard InChI is InChI=1S/C13H7ClF3N3/c14-8-5-6-20-11(7-8)18-19-12(20)9-3-1-2-4-10(9)13(15,16)17/h1-7H. The van der Waals surface area contributed by atoms with Crippen LogP contribution in [-0.2, 0) is 6.18 Å². The topological polar surface area (TPSA) is 30.2 Å². The van der Waals surface area contributed by atoms with Crippen molar-refractivity contribution in [1.82, 2.24) is 14.6 Å². The molecule has 3 rings (SSSR count). The van der Waals surface area contributed by atoms with E-state index in [0.29, 0.717) is 10.7 Å². The predicted octanol–water partition coefficient (Wildman–Crippen LogP) is 4.07. The van der Waals surface area contributed by atoms with Crippen molar-refractivity contribution in [2.45, 2.75) is 6.18 Å². The van der Waals surface area contributed by atoms with E-state index in [0.717, 1.165) is 6.07 Å². The van der Waals surface area contributed by atoms with Gasteiger partial charge in [0.15, 0.2) is 11.5 Å². The second-order valence-corrected chi connectivity index (χ2v) is 4.58. The Bertz CT molecular complexity index is 780. The maximum atomic E-state index is 13.0. The Labute approximate surface area is 116 Å². The summed E-state index contributed by atoms with van der Waals surface area (Å²) in [5, 5.41) is 8.12. The summed E-state index contributed by atoms with van der Waals surface area (Å²) in [6, 6.07) is 8.36. The van der Waals surface area contributed by atoms with Crippen LogP contribution in [0.4, 0.5) is 13.2 Å². The van der Waals surface area contributed by atoms with E-state index in [2.05, 4.69) is 10.2 Å². The molecule has 2 aromatic heterocycles. The van der Waals surface area contributed by atoms with Crippen LogP contribution in [0, 0.1) is 0 Å². The van der Waals surface area contributed by atoms with Crippen molar-refractivity contribution in [1.29, 1.82) is 0 Å². The Balaban J connectivity index is 2.27. The van der Waals surface area contributed by atoms with Gasteiger partial charge >= 0.3 is 6.18 Å². The van der Waals surface area contributed by atoms with Crippen LogP contribution in [0.2, 0.25) is 5.02 Å². The molecule has 0 amide bonds. The molecular weight excluding hydrogens is 291 g/mol. The lowest BCUT2D eigenvalue weighted by Crippen LogP contribution is -2.07. The number of rotatable bonds is 1. The van der Waals surface area contributed by atoms with E-state index in [4.69, 9.17) is 11.6 Å². The molecular formula is C13H7ClF3N3. The summed E-state index contributed by atoms with van der Waals surface area (Å²) in [5.41, 5.74) is -0.372. The SMILES string of the molecule is FC(F)(F)c1ccccc1-c1nnc2cc(Cl)ccn12. The van der Waals surface area contributed by atoms with Crippen LogP contribution in [0.1, 0.15) is 5.56 Å². The molecule has 0 N–H and O–H groups in total. The van der Waals surface area contributed by atoms with Gasteiger partial charge in [-0.25, -0.2) is 0 Å². The number of alkyl halides is 3.